The standard InChI is InChI=1S/C16H20F2N4O2.HI/c1-3-12-9-13(24-22-12)10-21-16(19-2)20-6-7-23-15-5-4-11(17)8-14(15)18;/h4-5,8-9H,3,6-7,10H2,1-2H3,(H2,19,20,21);1H. The summed E-state index contributed by atoms with van der Waals surface area (Å²) in [6.45, 7) is 3.04. The Bertz CT molecular complexity index is 695. The second kappa shape index (κ2) is 10.9. The monoisotopic (exact) mass is 466 g/mol. The molecule has 2 rings (SSSR count). The number of guanidine groups is 1. The number of nitrogens with one attached hydrogen (secondary N) is 2. The Kier molecular flexibility index (Phi) is 9.17. The zero-order valence-electron chi connectivity index (χ0n) is 14.0. The van der Waals surface area contributed by atoms with Crippen molar-refractivity contribution in [2.45, 2.75) is 19.9 Å². The van der Waals surface area contributed by atoms with Crippen molar-refractivity contribution in [3.05, 3.63) is 47.4 Å². The molecule has 0 atom stereocenters. The number of hydrogen-bond acceptors (Lipinski definition) is 4. The molecule has 9 heteroatoms. The Labute approximate surface area is 162 Å². The Morgan fingerprint density at radius 2 is 2.08 bits per heavy atom. The van der Waals surface area contributed by atoms with E-state index in [0.717, 1.165) is 24.2 Å². The zero-order valence-corrected chi connectivity index (χ0v) is 16.3. The fourth-order valence-electron chi connectivity index (χ4n) is 1.92. The highest BCUT2D eigenvalue weighted by Crippen LogP contribution is 2.17. The smallest absolute Gasteiger partial charge is 0.191 e. The first kappa shape index (κ1) is 21.1. The molecular formula is C16H21F2IN4O2. The highest BCUT2D eigenvalue weighted by Gasteiger charge is 2.06. The first-order valence-electron chi connectivity index (χ1n) is 7.59. The maximum absolute atomic E-state index is 13.4. The molecule has 0 fully saturated rings. The summed E-state index contributed by atoms with van der Waals surface area (Å²) in [5.41, 5.74) is 0.893. The van der Waals surface area contributed by atoms with Crippen molar-refractivity contribution in [1.82, 2.24) is 15.8 Å². The van der Waals surface area contributed by atoms with E-state index in [4.69, 9.17) is 9.26 Å². The molecule has 0 bridgehead atoms. The van der Waals surface area contributed by atoms with Crippen molar-refractivity contribution in [2.75, 3.05) is 20.2 Å². The van der Waals surface area contributed by atoms with Crippen LogP contribution in [0.25, 0.3) is 0 Å². The lowest BCUT2D eigenvalue weighted by atomic mass is 10.3. The Hall–Kier alpha value is -1.91. The molecule has 25 heavy (non-hydrogen) atoms. The van der Waals surface area contributed by atoms with E-state index >= 15 is 0 Å². The summed E-state index contributed by atoms with van der Waals surface area (Å²) in [5, 5.41) is 9.99. The highest BCUT2D eigenvalue weighted by molar-refractivity contribution is 14.0. The normalized spacial score (nSPS) is 11.0. The lowest BCUT2D eigenvalue weighted by Crippen LogP contribution is -2.38. The number of rotatable bonds is 7. The fourth-order valence-corrected chi connectivity index (χ4v) is 1.92. The second-order valence-electron chi connectivity index (χ2n) is 4.91. The average molecular weight is 466 g/mol. The summed E-state index contributed by atoms with van der Waals surface area (Å²) >= 11 is 0. The third-order valence-corrected chi connectivity index (χ3v) is 3.17. The van der Waals surface area contributed by atoms with E-state index in [0.29, 0.717) is 24.8 Å². The van der Waals surface area contributed by atoms with Crippen LogP contribution in [-0.4, -0.2) is 31.3 Å². The first-order chi connectivity index (χ1) is 11.6. The molecule has 2 aromatic rings. The second-order valence-corrected chi connectivity index (χ2v) is 4.91. The molecule has 138 valence electrons. The van der Waals surface area contributed by atoms with Crippen LogP contribution in [-0.2, 0) is 13.0 Å². The van der Waals surface area contributed by atoms with Gasteiger partial charge in [0.1, 0.15) is 12.4 Å². The summed E-state index contributed by atoms with van der Waals surface area (Å²) in [7, 11) is 1.63. The van der Waals surface area contributed by atoms with Gasteiger partial charge >= 0.3 is 0 Å². The van der Waals surface area contributed by atoms with Crippen LogP contribution >= 0.6 is 24.0 Å². The Balaban J connectivity index is 0.00000312. The predicted octanol–water partition coefficient (Wildman–Crippen LogP) is 2.88. The number of aryl methyl sites for hydroxylation is 1. The van der Waals surface area contributed by atoms with Crippen LogP contribution in [0, 0.1) is 11.6 Å². The van der Waals surface area contributed by atoms with Crippen LogP contribution in [0.15, 0.2) is 33.8 Å². The first-order valence-corrected chi connectivity index (χ1v) is 7.59. The van der Waals surface area contributed by atoms with E-state index in [1.54, 1.807) is 7.05 Å². The molecule has 0 aliphatic carbocycles. The highest BCUT2D eigenvalue weighted by atomic mass is 127. The molecule has 0 aliphatic rings. The largest absolute Gasteiger partial charge is 0.489 e. The summed E-state index contributed by atoms with van der Waals surface area (Å²) in [4.78, 5) is 4.06. The van der Waals surface area contributed by atoms with E-state index in [9.17, 15) is 8.78 Å². The fraction of sp³-hybridized carbons (Fsp3) is 0.375. The Morgan fingerprint density at radius 3 is 2.72 bits per heavy atom. The number of benzene rings is 1. The van der Waals surface area contributed by atoms with Gasteiger partial charge in [0.15, 0.2) is 23.3 Å². The van der Waals surface area contributed by atoms with Crippen LogP contribution < -0.4 is 15.4 Å². The van der Waals surface area contributed by atoms with Gasteiger partial charge in [0.25, 0.3) is 0 Å². The summed E-state index contributed by atoms with van der Waals surface area (Å²) in [6, 6.07) is 5.06. The Morgan fingerprint density at radius 1 is 1.28 bits per heavy atom. The quantitative estimate of drug-likeness (QED) is 0.284. The van der Waals surface area contributed by atoms with Gasteiger partial charge in [0.2, 0.25) is 0 Å². The zero-order chi connectivity index (χ0) is 17.4. The molecule has 0 radical (unpaired) electrons. The molecule has 0 amide bonds. The van der Waals surface area contributed by atoms with Gasteiger partial charge in [-0.05, 0) is 18.6 Å². The van der Waals surface area contributed by atoms with E-state index in [1.165, 1.54) is 6.07 Å². The molecule has 0 spiro atoms. The topological polar surface area (TPSA) is 71.7 Å². The third-order valence-electron chi connectivity index (χ3n) is 3.17. The van der Waals surface area contributed by atoms with Crippen LogP contribution in [0.4, 0.5) is 8.78 Å². The van der Waals surface area contributed by atoms with Crippen LogP contribution in [0.2, 0.25) is 0 Å². The van der Waals surface area contributed by atoms with E-state index < -0.39 is 11.6 Å². The number of nitrogens with zero attached hydrogens (tertiary/aromatic N) is 2. The lowest BCUT2D eigenvalue weighted by Gasteiger charge is -2.11. The minimum Gasteiger partial charge on any atom is -0.489 e. The molecule has 1 aromatic heterocycles. The third kappa shape index (κ3) is 6.85. The molecular weight excluding hydrogens is 445 g/mol. The van der Waals surface area contributed by atoms with Gasteiger partial charge < -0.3 is 19.9 Å². The lowest BCUT2D eigenvalue weighted by molar-refractivity contribution is 0.304. The average Bonchev–Trinajstić information content (AvgIpc) is 3.04. The number of aliphatic imine (C=N–C) groups is 1. The molecule has 2 N–H and O–H groups in total. The molecule has 0 unspecified atom stereocenters. The van der Waals surface area contributed by atoms with Crippen molar-refractivity contribution in [1.29, 1.82) is 0 Å². The van der Waals surface area contributed by atoms with Crippen molar-refractivity contribution >= 4 is 29.9 Å². The molecule has 0 saturated heterocycles. The van der Waals surface area contributed by atoms with Crippen molar-refractivity contribution in [3.8, 4) is 5.75 Å². The number of hydrogen-bond donors (Lipinski definition) is 2. The minimum atomic E-state index is -0.727. The number of halogens is 3. The molecule has 1 heterocycles. The molecule has 0 aliphatic heterocycles. The van der Waals surface area contributed by atoms with Gasteiger partial charge in [-0.15, -0.1) is 24.0 Å². The number of ether oxygens (including phenoxy) is 1. The van der Waals surface area contributed by atoms with E-state index in [1.807, 2.05) is 13.0 Å². The molecule has 1 aromatic carbocycles. The summed E-state index contributed by atoms with van der Waals surface area (Å²) < 4.78 is 36.6. The molecule has 0 saturated carbocycles. The van der Waals surface area contributed by atoms with E-state index in [-0.39, 0.29) is 36.3 Å². The molecule has 6 nitrogen and oxygen atoms in total. The minimum absolute atomic E-state index is 0. The van der Waals surface area contributed by atoms with Gasteiger partial charge in [-0.1, -0.05) is 12.1 Å². The van der Waals surface area contributed by atoms with Gasteiger partial charge in [-0.3, -0.25) is 4.99 Å². The maximum atomic E-state index is 13.4. The van der Waals surface area contributed by atoms with Crippen molar-refractivity contribution in [2.24, 2.45) is 4.99 Å². The van der Waals surface area contributed by atoms with Gasteiger partial charge in [0.05, 0.1) is 18.8 Å². The van der Waals surface area contributed by atoms with Crippen LogP contribution in [0.3, 0.4) is 0 Å². The van der Waals surface area contributed by atoms with E-state index in [2.05, 4.69) is 20.8 Å². The van der Waals surface area contributed by atoms with Gasteiger partial charge in [-0.2, -0.15) is 0 Å². The van der Waals surface area contributed by atoms with Crippen LogP contribution in [0.5, 0.6) is 5.75 Å². The van der Waals surface area contributed by atoms with Gasteiger partial charge in [0, 0.05) is 19.2 Å². The SMILES string of the molecule is CCc1cc(CNC(=NC)NCCOc2ccc(F)cc2F)on1.I. The summed E-state index contributed by atoms with van der Waals surface area (Å²) in [6.07, 6.45) is 0.813. The van der Waals surface area contributed by atoms with Crippen LogP contribution in [0.1, 0.15) is 18.4 Å². The maximum Gasteiger partial charge on any atom is 0.191 e. The van der Waals surface area contributed by atoms with Gasteiger partial charge in [-0.25, -0.2) is 8.78 Å². The number of aromatic nitrogens is 1. The van der Waals surface area contributed by atoms with Crippen molar-refractivity contribution in [3.63, 3.8) is 0 Å². The predicted molar refractivity (Wildman–Crippen MR) is 101 cm³/mol. The summed E-state index contributed by atoms with van der Waals surface area (Å²) in [5.74, 6) is -0.0993. The van der Waals surface area contributed by atoms with Crippen molar-refractivity contribution < 1.29 is 18.0 Å².